The van der Waals surface area contributed by atoms with Crippen LogP contribution in [0.5, 0.6) is 0 Å². The third-order valence-electron chi connectivity index (χ3n) is 4.62. The van der Waals surface area contributed by atoms with E-state index in [1.807, 2.05) is 30.3 Å². The molecule has 0 saturated carbocycles. The molecule has 0 unspecified atom stereocenters. The van der Waals surface area contributed by atoms with Crippen molar-refractivity contribution in [1.82, 2.24) is 15.5 Å². The molecule has 2 saturated heterocycles. The van der Waals surface area contributed by atoms with Crippen LogP contribution in [0.3, 0.4) is 0 Å². The number of nitrogens with one attached hydrogen (secondary N) is 2. The second-order valence-electron chi connectivity index (χ2n) is 6.39. The third kappa shape index (κ3) is 3.82. The normalized spacial score (nSPS) is 21.8. The van der Waals surface area contributed by atoms with Gasteiger partial charge in [-0.2, -0.15) is 0 Å². The molecule has 3 rings (SSSR count). The van der Waals surface area contributed by atoms with Crippen LogP contribution in [0.25, 0.3) is 0 Å². The minimum Gasteiger partial charge on any atom is -0.342 e. The second kappa shape index (κ2) is 7.57. The molecule has 6 nitrogen and oxygen atoms in total. The summed E-state index contributed by atoms with van der Waals surface area (Å²) >= 11 is 0. The van der Waals surface area contributed by atoms with Crippen LogP contribution in [0.2, 0.25) is 0 Å². The Hall–Kier alpha value is -2.21. The highest BCUT2D eigenvalue weighted by molar-refractivity contribution is 6.07. The number of amides is 2. The van der Waals surface area contributed by atoms with Gasteiger partial charge in [0.2, 0.25) is 11.8 Å². The summed E-state index contributed by atoms with van der Waals surface area (Å²) in [5.41, 5.74) is 0.987. The molecule has 2 aliphatic rings. The Balaban J connectivity index is 1.72. The van der Waals surface area contributed by atoms with E-state index in [0.29, 0.717) is 19.4 Å². The van der Waals surface area contributed by atoms with Crippen molar-refractivity contribution in [3.63, 3.8) is 0 Å². The minimum absolute atomic E-state index is 0.0600. The fraction of sp³-hybridized carbons (Fsp3) is 0.500. The first-order valence-electron chi connectivity index (χ1n) is 8.54. The number of likely N-dealkylation sites (tertiary alicyclic amines) is 1. The average molecular weight is 329 g/mol. The van der Waals surface area contributed by atoms with E-state index in [9.17, 15) is 14.4 Å². The Bertz CT molecular complexity index is 611. The first-order valence-corrected chi connectivity index (χ1v) is 8.54. The lowest BCUT2D eigenvalue weighted by Crippen LogP contribution is -2.54. The van der Waals surface area contributed by atoms with Gasteiger partial charge in [0.05, 0.1) is 0 Å². The van der Waals surface area contributed by atoms with Crippen LogP contribution in [0, 0.1) is 0 Å². The number of carbonyl (C=O) groups is 3. The van der Waals surface area contributed by atoms with Gasteiger partial charge < -0.3 is 10.2 Å². The van der Waals surface area contributed by atoms with Crippen molar-refractivity contribution in [2.45, 2.75) is 37.8 Å². The number of benzene rings is 1. The Labute approximate surface area is 141 Å². The summed E-state index contributed by atoms with van der Waals surface area (Å²) < 4.78 is 0. The molecule has 0 bridgehead atoms. The Kier molecular flexibility index (Phi) is 5.25. The van der Waals surface area contributed by atoms with Crippen LogP contribution >= 0.6 is 0 Å². The van der Waals surface area contributed by atoms with Crippen LogP contribution in [0.4, 0.5) is 0 Å². The van der Waals surface area contributed by atoms with Gasteiger partial charge in [-0.15, -0.1) is 0 Å². The Morgan fingerprint density at radius 3 is 2.54 bits per heavy atom. The third-order valence-corrected chi connectivity index (χ3v) is 4.62. The number of hydrogen-bond acceptors (Lipinski definition) is 4. The summed E-state index contributed by atoms with van der Waals surface area (Å²) in [6.07, 6.45) is 2.80. The molecule has 1 aromatic rings. The predicted molar refractivity (Wildman–Crippen MR) is 89.3 cm³/mol. The summed E-state index contributed by atoms with van der Waals surface area (Å²) in [5, 5.41) is 5.70. The maximum Gasteiger partial charge on any atom is 0.245 e. The highest BCUT2D eigenvalue weighted by atomic mass is 16.2. The molecule has 24 heavy (non-hydrogen) atoms. The van der Waals surface area contributed by atoms with Gasteiger partial charge in [0.25, 0.3) is 0 Å². The standard InChI is InChI=1S/C18H23N3O3/c22-15-8-9-19-16(15)17(23)20-14(12-13-6-2-1-3-7-13)18(24)21-10-4-5-11-21/h1-3,6-7,14,16,19H,4-5,8-12H2,(H,20,23)/t14-,16-/m0/s1. The monoisotopic (exact) mass is 329 g/mol. The molecule has 2 amide bonds. The number of hydrogen-bond donors (Lipinski definition) is 2. The molecule has 6 heteroatoms. The molecule has 0 aromatic heterocycles. The summed E-state index contributed by atoms with van der Waals surface area (Å²) in [4.78, 5) is 38.8. The zero-order valence-electron chi connectivity index (χ0n) is 13.7. The summed E-state index contributed by atoms with van der Waals surface area (Å²) in [6.45, 7) is 1.99. The quantitative estimate of drug-likeness (QED) is 0.760. The second-order valence-corrected chi connectivity index (χ2v) is 6.39. The van der Waals surface area contributed by atoms with Gasteiger partial charge in [-0.1, -0.05) is 30.3 Å². The molecule has 2 aliphatic heterocycles. The summed E-state index contributed by atoms with van der Waals surface area (Å²) in [6, 6.07) is 8.17. The zero-order chi connectivity index (χ0) is 16.9. The van der Waals surface area contributed by atoms with Crippen molar-refractivity contribution in [2.24, 2.45) is 0 Å². The Morgan fingerprint density at radius 1 is 1.21 bits per heavy atom. The minimum atomic E-state index is -0.824. The number of nitrogens with zero attached hydrogens (tertiary/aromatic N) is 1. The van der Waals surface area contributed by atoms with Crippen molar-refractivity contribution in [3.05, 3.63) is 35.9 Å². The van der Waals surface area contributed by atoms with Gasteiger partial charge in [-0.25, -0.2) is 0 Å². The first-order chi connectivity index (χ1) is 11.6. The molecule has 0 radical (unpaired) electrons. The summed E-state index contributed by atoms with van der Waals surface area (Å²) in [5.74, 6) is -0.569. The van der Waals surface area contributed by atoms with Gasteiger partial charge in [0, 0.05) is 32.5 Å². The van der Waals surface area contributed by atoms with E-state index in [0.717, 1.165) is 31.5 Å². The number of rotatable bonds is 5. The molecule has 2 atom stereocenters. The maximum absolute atomic E-state index is 12.8. The van der Waals surface area contributed by atoms with Crippen molar-refractivity contribution in [3.8, 4) is 0 Å². The number of Topliss-reactive ketones (excluding diaryl/α,β-unsaturated/α-hetero) is 1. The zero-order valence-corrected chi connectivity index (χ0v) is 13.7. The van der Waals surface area contributed by atoms with E-state index in [2.05, 4.69) is 10.6 Å². The molecule has 2 N–H and O–H groups in total. The van der Waals surface area contributed by atoms with Gasteiger partial charge in [-0.3, -0.25) is 19.7 Å². The van der Waals surface area contributed by atoms with E-state index >= 15 is 0 Å². The molecular formula is C18H23N3O3. The van der Waals surface area contributed by atoms with Crippen molar-refractivity contribution >= 4 is 17.6 Å². The lowest BCUT2D eigenvalue weighted by Gasteiger charge is -2.25. The van der Waals surface area contributed by atoms with E-state index in [1.54, 1.807) is 4.90 Å². The van der Waals surface area contributed by atoms with Gasteiger partial charge in [-0.05, 0) is 18.4 Å². The highest BCUT2D eigenvalue weighted by Crippen LogP contribution is 2.13. The SMILES string of the molecule is O=C1CCN[C@@H]1C(=O)N[C@@H](Cc1ccccc1)C(=O)N1CCCC1. The maximum atomic E-state index is 12.8. The van der Waals surface area contributed by atoms with Gasteiger partial charge in [0.15, 0.2) is 5.78 Å². The van der Waals surface area contributed by atoms with Crippen LogP contribution in [0.1, 0.15) is 24.8 Å². The fourth-order valence-electron chi connectivity index (χ4n) is 3.30. The predicted octanol–water partition coefficient (Wildman–Crippen LogP) is 0.267. The van der Waals surface area contributed by atoms with Crippen LogP contribution in [-0.4, -0.2) is 54.2 Å². The summed E-state index contributed by atoms with van der Waals surface area (Å²) in [7, 11) is 0. The molecule has 128 valence electrons. The van der Waals surface area contributed by atoms with E-state index < -0.39 is 18.0 Å². The van der Waals surface area contributed by atoms with Crippen molar-refractivity contribution < 1.29 is 14.4 Å². The van der Waals surface area contributed by atoms with E-state index in [1.165, 1.54) is 0 Å². The molecule has 0 spiro atoms. The number of ketones is 1. The first kappa shape index (κ1) is 16.6. The lowest BCUT2D eigenvalue weighted by atomic mass is 10.0. The topological polar surface area (TPSA) is 78.5 Å². The van der Waals surface area contributed by atoms with Crippen LogP contribution < -0.4 is 10.6 Å². The molecule has 0 aliphatic carbocycles. The van der Waals surface area contributed by atoms with E-state index in [-0.39, 0.29) is 11.7 Å². The molecule has 2 heterocycles. The molecule has 1 aromatic carbocycles. The largest absolute Gasteiger partial charge is 0.342 e. The number of carbonyl (C=O) groups excluding carboxylic acids is 3. The average Bonchev–Trinajstić information content (AvgIpc) is 3.26. The smallest absolute Gasteiger partial charge is 0.245 e. The molecule has 2 fully saturated rings. The molecular weight excluding hydrogens is 306 g/mol. The van der Waals surface area contributed by atoms with Gasteiger partial charge >= 0.3 is 0 Å². The van der Waals surface area contributed by atoms with Crippen LogP contribution in [-0.2, 0) is 20.8 Å². The lowest BCUT2D eigenvalue weighted by molar-refractivity contribution is -0.137. The van der Waals surface area contributed by atoms with Gasteiger partial charge in [0.1, 0.15) is 12.1 Å². The fourth-order valence-corrected chi connectivity index (χ4v) is 3.30. The van der Waals surface area contributed by atoms with E-state index in [4.69, 9.17) is 0 Å². The Morgan fingerprint density at radius 2 is 1.92 bits per heavy atom. The highest BCUT2D eigenvalue weighted by Gasteiger charge is 2.34. The van der Waals surface area contributed by atoms with Crippen molar-refractivity contribution in [2.75, 3.05) is 19.6 Å². The van der Waals surface area contributed by atoms with Crippen LogP contribution in [0.15, 0.2) is 30.3 Å². The van der Waals surface area contributed by atoms with Crippen molar-refractivity contribution in [1.29, 1.82) is 0 Å².